The van der Waals surface area contributed by atoms with Crippen LogP contribution in [0, 0.1) is 0 Å². The van der Waals surface area contributed by atoms with Crippen molar-refractivity contribution in [3.05, 3.63) is 90.5 Å². The van der Waals surface area contributed by atoms with Crippen molar-refractivity contribution in [3.8, 4) is 22.5 Å². The zero-order chi connectivity index (χ0) is 23.2. The van der Waals surface area contributed by atoms with Gasteiger partial charge in [0, 0.05) is 16.8 Å². The van der Waals surface area contributed by atoms with Crippen molar-refractivity contribution < 1.29 is 4.79 Å². The molecule has 1 heterocycles. The first-order valence-corrected chi connectivity index (χ1v) is 12.2. The van der Waals surface area contributed by atoms with E-state index in [2.05, 4.69) is 60.5 Å². The number of hydrogen-bond donors (Lipinski definition) is 2. The maximum atomic E-state index is 13.0. The van der Waals surface area contributed by atoms with Crippen LogP contribution in [0.2, 0.25) is 0 Å². The van der Waals surface area contributed by atoms with Gasteiger partial charge in [0.25, 0.3) is 0 Å². The number of anilines is 1. The Bertz CT molecular complexity index is 1130. The number of benzene rings is 3. The average molecular weight is 456 g/mol. The third-order valence-corrected chi connectivity index (χ3v) is 6.80. The summed E-state index contributed by atoms with van der Waals surface area (Å²) in [4.78, 5) is 21.4. The van der Waals surface area contributed by atoms with Gasteiger partial charge in [-0.15, -0.1) is 0 Å². The Morgan fingerprint density at radius 2 is 1.52 bits per heavy atom. The van der Waals surface area contributed by atoms with Gasteiger partial charge in [0.05, 0.1) is 16.6 Å². The van der Waals surface area contributed by atoms with Gasteiger partial charge in [-0.1, -0.05) is 105 Å². The molecule has 1 unspecified atom stereocenters. The predicted octanol–water partition coefficient (Wildman–Crippen LogP) is 7.38. The van der Waals surface area contributed by atoms with E-state index in [1.165, 1.54) is 17.3 Å². The molecule has 1 aromatic heterocycles. The zero-order valence-electron chi connectivity index (χ0n) is 19.2. The number of aromatic nitrogens is 2. The fraction of sp³-hybridized carbons (Fsp3) is 0.214. The van der Waals surface area contributed by atoms with E-state index in [1.54, 1.807) is 0 Å². The minimum Gasteiger partial charge on any atom is -0.332 e. The lowest BCUT2D eigenvalue weighted by atomic mass is 10.0. The van der Waals surface area contributed by atoms with Crippen LogP contribution in [-0.4, -0.2) is 21.1 Å². The highest BCUT2D eigenvalue weighted by Crippen LogP contribution is 2.34. The average Bonchev–Trinajstić information content (AvgIpc) is 3.28. The number of rotatable bonds is 8. The van der Waals surface area contributed by atoms with Crippen LogP contribution in [0.25, 0.3) is 22.5 Å². The van der Waals surface area contributed by atoms with E-state index < -0.39 is 0 Å². The summed E-state index contributed by atoms with van der Waals surface area (Å²) < 4.78 is 0. The van der Waals surface area contributed by atoms with Gasteiger partial charge in [-0.2, -0.15) is 0 Å². The Morgan fingerprint density at radius 1 is 0.909 bits per heavy atom. The number of thioether (sulfide) groups is 1. The monoisotopic (exact) mass is 455 g/mol. The van der Waals surface area contributed by atoms with E-state index in [-0.39, 0.29) is 11.2 Å². The Kier molecular flexibility index (Phi) is 7.30. The molecule has 168 valence electrons. The molecule has 0 saturated carbocycles. The number of nitrogens with one attached hydrogen (secondary N) is 2. The molecule has 2 N–H and O–H groups in total. The first-order valence-electron chi connectivity index (χ1n) is 11.3. The normalized spacial score (nSPS) is 12.0. The quantitative estimate of drug-likeness (QED) is 0.273. The summed E-state index contributed by atoms with van der Waals surface area (Å²) in [5.41, 5.74) is 6.04. The maximum absolute atomic E-state index is 13.0. The van der Waals surface area contributed by atoms with Crippen LogP contribution in [0.3, 0.4) is 0 Å². The summed E-state index contributed by atoms with van der Waals surface area (Å²) in [5.74, 6) is 0.448. The Morgan fingerprint density at radius 3 is 2.09 bits per heavy atom. The molecule has 0 aliphatic rings. The summed E-state index contributed by atoms with van der Waals surface area (Å²) in [6.07, 6.45) is 0.697. The van der Waals surface area contributed by atoms with Crippen molar-refractivity contribution in [2.24, 2.45) is 0 Å². The van der Waals surface area contributed by atoms with Gasteiger partial charge in [-0.05, 0) is 30.0 Å². The highest BCUT2D eigenvalue weighted by Gasteiger charge is 2.22. The van der Waals surface area contributed by atoms with Gasteiger partial charge in [0.2, 0.25) is 5.91 Å². The van der Waals surface area contributed by atoms with Crippen molar-refractivity contribution in [1.82, 2.24) is 9.97 Å². The van der Waals surface area contributed by atoms with Crippen LogP contribution < -0.4 is 5.32 Å². The SMILES string of the molecule is CCC(Sc1nc(-c2ccccc2)c(-c2ccccc2)[nH]1)C(=O)Nc1ccc(C(C)C)cc1. The Labute approximate surface area is 199 Å². The molecule has 1 atom stereocenters. The van der Waals surface area contributed by atoms with E-state index >= 15 is 0 Å². The summed E-state index contributed by atoms with van der Waals surface area (Å²) in [7, 11) is 0. The van der Waals surface area contributed by atoms with Crippen LogP contribution in [0.4, 0.5) is 5.69 Å². The Balaban J connectivity index is 1.56. The van der Waals surface area contributed by atoms with Crippen LogP contribution in [0.15, 0.2) is 90.1 Å². The molecular weight excluding hydrogens is 426 g/mol. The van der Waals surface area contributed by atoms with E-state index in [0.29, 0.717) is 12.3 Å². The number of nitrogens with zero attached hydrogens (tertiary/aromatic N) is 1. The van der Waals surface area contributed by atoms with Crippen LogP contribution in [0.1, 0.15) is 38.7 Å². The molecule has 0 spiro atoms. The van der Waals surface area contributed by atoms with Gasteiger partial charge in [0.15, 0.2) is 5.16 Å². The first-order chi connectivity index (χ1) is 16.0. The zero-order valence-corrected chi connectivity index (χ0v) is 20.0. The number of imidazole rings is 1. The van der Waals surface area contributed by atoms with Crippen molar-refractivity contribution in [2.45, 2.75) is 43.5 Å². The van der Waals surface area contributed by atoms with Crippen molar-refractivity contribution >= 4 is 23.4 Å². The lowest BCUT2D eigenvalue weighted by molar-refractivity contribution is -0.115. The second-order valence-corrected chi connectivity index (χ2v) is 9.47. The van der Waals surface area contributed by atoms with Crippen molar-refractivity contribution in [2.75, 3.05) is 5.32 Å². The molecule has 0 bridgehead atoms. The van der Waals surface area contributed by atoms with Crippen LogP contribution >= 0.6 is 11.8 Å². The van der Waals surface area contributed by atoms with E-state index in [1.807, 2.05) is 55.5 Å². The molecule has 0 aliphatic carbocycles. The van der Waals surface area contributed by atoms with Crippen molar-refractivity contribution in [1.29, 1.82) is 0 Å². The predicted molar refractivity (Wildman–Crippen MR) is 139 cm³/mol. The number of carbonyl (C=O) groups is 1. The summed E-state index contributed by atoms with van der Waals surface area (Å²) in [6.45, 7) is 6.35. The molecular formula is C28H29N3OS. The van der Waals surface area contributed by atoms with E-state index in [9.17, 15) is 4.79 Å². The third kappa shape index (κ3) is 5.55. The first kappa shape index (κ1) is 22.9. The number of aromatic amines is 1. The summed E-state index contributed by atoms with van der Waals surface area (Å²) >= 11 is 1.47. The molecule has 4 aromatic rings. The number of H-pyrrole nitrogens is 1. The molecule has 0 aliphatic heterocycles. The molecule has 5 heteroatoms. The lowest BCUT2D eigenvalue weighted by Gasteiger charge is -2.14. The van der Waals surface area contributed by atoms with Gasteiger partial charge < -0.3 is 10.3 Å². The molecule has 0 fully saturated rings. The van der Waals surface area contributed by atoms with Crippen LogP contribution in [0.5, 0.6) is 0 Å². The highest BCUT2D eigenvalue weighted by atomic mass is 32.2. The molecule has 4 nitrogen and oxygen atoms in total. The number of carbonyl (C=O) groups excluding carboxylic acids is 1. The molecule has 3 aromatic carbocycles. The fourth-order valence-electron chi connectivity index (χ4n) is 3.66. The molecule has 0 radical (unpaired) electrons. The van der Waals surface area contributed by atoms with E-state index in [0.717, 1.165) is 33.4 Å². The summed E-state index contributed by atoms with van der Waals surface area (Å²) in [5, 5.41) is 3.55. The minimum atomic E-state index is -0.256. The largest absolute Gasteiger partial charge is 0.332 e. The topological polar surface area (TPSA) is 57.8 Å². The fourth-order valence-corrected chi connectivity index (χ4v) is 4.56. The van der Waals surface area contributed by atoms with E-state index in [4.69, 9.17) is 4.98 Å². The van der Waals surface area contributed by atoms with Gasteiger partial charge in [-0.3, -0.25) is 4.79 Å². The maximum Gasteiger partial charge on any atom is 0.237 e. The molecule has 33 heavy (non-hydrogen) atoms. The number of amides is 1. The molecule has 0 saturated heterocycles. The molecule has 1 amide bonds. The third-order valence-electron chi connectivity index (χ3n) is 5.55. The minimum absolute atomic E-state index is 0.0151. The molecule has 4 rings (SSSR count). The number of hydrogen-bond acceptors (Lipinski definition) is 3. The second-order valence-electron chi connectivity index (χ2n) is 8.28. The summed E-state index contributed by atoms with van der Waals surface area (Å²) in [6, 6.07) is 28.4. The van der Waals surface area contributed by atoms with Gasteiger partial charge in [0.1, 0.15) is 0 Å². The smallest absolute Gasteiger partial charge is 0.237 e. The highest BCUT2D eigenvalue weighted by molar-refractivity contribution is 8.00. The Hall–Kier alpha value is -3.31. The second kappa shape index (κ2) is 10.5. The van der Waals surface area contributed by atoms with Gasteiger partial charge in [-0.25, -0.2) is 4.98 Å². The van der Waals surface area contributed by atoms with Gasteiger partial charge >= 0.3 is 0 Å². The van der Waals surface area contributed by atoms with Crippen molar-refractivity contribution in [3.63, 3.8) is 0 Å². The lowest BCUT2D eigenvalue weighted by Crippen LogP contribution is -2.24. The van der Waals surface area contributed by atoms with Crippen LogP contribution in [-0.2, 0) is 4.79 Å². The standard InChI is InChI=1S/C28H29N3OS/c1-4-24(27(32)29-23-17-15-20(16-18-23)19(2)3)33-28-30-25(21-11-7-5-8-12-21)26(31-28)22-13-9-6-10-14-22/h5-19,24H,4H2,1-3H3,(H,29,32)(H,30,31).